The largest absolute Gasteiger partial charge is 0.309 e. The van der Waals surface area contributed by atoms with Gasteiger partial charge in [-0.25, -0.2) is 0 Å². The Balaban J connectivity index is 1.22. The lowest BCUT2D eigenvalue weighted by atomic mass is 10.0. The summed E-state index contributed by atoms with van der Waals surface area (Å²) in [6.45, 7) is 0. The van der Waals surface area contributed by atoms with Crippen LogP contribution < -0.4 is 0 Å². The van der Waals surface area contributed by atoms with Crippen molar-refractivity contribution < 1.29 is 0 Å². The molecule has 6 aromatic carbocycles. The number of nitrogens with zero attached hydrogens (tertiary/aromatic N) is 5. The Hall–Kier alpha value is -5.78. The lowest BCUT2D eigenvalue weighted by Crippen LogP contribution is -2.05. The van der Waals surface area contributed by atoms with Crippen LogP contribution in [0.5, 0.6) is 0 Å². The molecule has 0 aliphatic rings. The first kappa shape index (κ1) is 25.7. The standard InChI is InChI=1S/C39H24ClN5/c40-38-41-37(27-13-10-14-28(23-27)44-33-18-7-4-15-29(33)30-16-5-8-19-34(30)44)42-39(43-38)45-35-20-9-6-17-31(35)32-24-26(21-22-36(32)45)25-11-2-1-3-12-25/h1-24H. The number of benzene rings is 6. The third-order valence-corrected chi connectivity index (χ3v) is 8.69. The maximum Gasteiger partial charge on any atom is 0.239 e. The van der Waals surface area contributed by atoms with Crippen molar-refractivity contribution in [2.45, 2.75) is 0 Å². The first-order chi connectivity index (χ1) is 22.2. The molecular weight excluding hydrogens is 574 g/mol. The quantitative estimate of drug-likeness (QED) is 0.203. The molecular formula is C39H24ClN5. The van der Waals surface area contributed by atoms with Crippen molar-refractivity contribution in [3.05, 3.63) is 151 Å². The summed E-state index contributed by atoms with van der Waals surface area (Å²) < 4.78 is 4.36. The number of hydrogen-bond donors (Lipinski definition) is 0. The van der Waals surface area contributed by atoms with Crippen LogP contribution in [0.1, 0.15) is 0 Å². The van der Waals surface area contributed by atoms with Gasteiger partial charge in [0.15, 0.2) is 5.82 Å². The second kappa shape index (κ2) is 10.2. The molecule has 5 nitrogen and oxygen atoms in total. The Morgan fingerprint density at radius 1 is 0.400 bits per heavy atom. The van der Waals surface area contributed by atoms with E-state index in [1.807, 2.05) is 24.3 Å². The van der Waals surface area contributed by atoms with Gasteiger partial charge in [-0.15, -0.1) is 0 Å². The van der Waals surface area contributed by atoms with E-state index in [9.17, 15) is 0 Å². The minimum absolute atomic E-state index is 0.143. The van der Waals surface area contributed by atoms with Crippen molar-refractivity contribution in [2.75, 3.05) is 0 Å². The number of aromatic nitrogens is 5. The molecule has 0 bridgehead atoms. The molecule has 0 aliphatic heterocycles. The van der Waals surface area contributed by atoms with Gasteiger partial charge >= 0.3 is 0 Å². The van der Waals surface area contributed by atoms with E-state index in [1.54, 1.807) is 0 Å². The van der Waals surface area contributed by atoms with Crippen LogP contribution in [0.3, 0.4) is 0 Å². The van der Waals surface area contributed by atoms with E-state index in [2.05, 4.69) is 140 Å². The minimum Gasteiger partial charge on any atom is -0.309 e. The van der Waals surface area contributed by atoms with Crippen LogP contribution in [0, 0.1) is 0 Å². The zero-order chi connectivity index (χ0) is 29.9. The van der Waals surface area contributed by atoms with Gasteiger partial charge in [-0.2, -0.15) is 15.0 Å². The Bertz CT molecular complexity index is 2510. The molecule has 0 fully saturated rings. The SMILES string of the molecule is Clc1nc(-c2cccc(-n3c4ccccc4c4ccccc43)c2)nc(-n2c3ccccc3c3cc(-c4ccccc4)ccc32)n1. The van der Waals surface area contributed by atoms with E-state index in [0.29, 0.717) is 11.8 Å². The van der Waals surface area contributed by atoms with E-state index in [0.717, 1.165) is 49.7 Å². The smallest absolute Gasteiger partial charge is 0.239 e. The topological polar surface area (TPSA) is 48.5 Å². The van der Waals surface area contributed by atoms with Crippen LogP contribution in [0.2, 0.25) is 5.28 Å². The molecule has 0 unspecified atom stereocenters. The summed E-state index contributed by atoms with van der Waals surface area (Å²) in [6, 6.07) is 50.6. The Morgan fingerprint density at radius 2 is 0.978 bits per heavy atom. The van der Waals surface area contributed by atoms with Crippen LogP contribution in [0.4, 0.5) is 0 Å². The minimum atomic E-state index is 0.143. The summed E-state index contributed by atoms with van der Waals surface area (Å²) in [5, 5.41) is 4.82. The molecule has 6 heteroatoms. The number of halogens is 1. The fourth-order valence-electron chi connectivity index (χ4n) is 6.55. The molecule has 0 radical (unpaired) electrons. The first-order valence-electron chi connectivity index (χ1n) is 14.8. The van der Waals surface area contributed by atoms with Crippen LogP contribution in [0.15, 0.2) is 146 Å². The predicted octanol–water partition coefficient (Wildman–Crippen LogP) is 10.1. The van der Waals surface area contributed by atoms with Gasteiger partial charge in [0.25, 0.3) is 0 Å². The zero-order valence-electron chi connectivity index (χ0n) is 24.0. The average molecular weight is 598 g/mol. The summed E-state index contributed by atoms with van der Waals surface area (Å²) >= 11 is 6.64. The Kier molecular flexibility index (Phi) is 5.80. The molecule has 0 N–H and O–H groups in total. The lowest BCUT2D eigenvalue weighted by molar-refractivity contribution is 0.947. The second-order valence-electron chi connectivity index (χ2n) is 11.1. The van der Waals surface area contributed by atoms with Gasteiger partial charge in [0.05, 0.1) is 22.1 Å². The maximum atomic E-state index is 6.64. The highest BCUT2D eigenvalue weighted by Crippen LogP contribution is 2.36. The molecule has 0 aliphatic carbocycles. The third-order valence-electron chi connectivity index (χ3n) is 8.52. The number of rotatable bonds is 4. The first-order valence-corrected chi connectivity index (χ1v) is 15.2. The van der Waals surface area contributed by atoms with E-state index < -0.39 is 0 Å². The number of fused-ring (bicyclic) bond motifs is 6. The van der Waals surface area contributed by atoms with Crippen molar-refractivity contribution in [2.24, 2.45) is 0 Å². The number of hydrogen-bond acceptors (Lipinski definition) is 3. The van der Waals surface area contributed by atoms with Crippen molar-refractivity contribution in [3.63, 3.8) is 0 Å². The highest BCUT2D eigenvalue weighted by Gasteiger charge is 2.18. The van der Waals surface area contributed by atoms with Gasteiger partial charge < -0.3 is 4.57 Å². The van der Waals surface area contributed by atoms with Crippen molar-refractivity contribution in [1.82, 2.24) is 24.1 Å². The fraction of sp³-hybridized carbons (Fsp3) is 0. The highest BCUT2D eigenvalue weighted by molar-refractivity contribution is 6.28. The zero-order valence-corrected chi connectivity index (χ0v) is 24.7. The van der Waals surface area contributed by atoms with Gasteiger partial charge in [-0.3, -0.25) is 4.57 Å². The third kappa shape index (κ3) is 4.13. The van der Waals surface area contributed by atoms with Crippen molar-refractivity contribution in [3.8, 4) is 34.2 Å². The van der Waals surface area contributed by atoms with Gasteiger partial charge in [-0.1, -0.05) is 103 Å². The van der Waals surface area contributed by atoms with Gasteiger partial charge in [0.2, 0.25) is 11.2 Å². The molecule has 0 saturated carbocycles. The summed E-state index contributed by atoms with van der Waals surface area (Å²) in [6.07, 6.45) is 0. The van der Waals surface area contributed by atoms with Gasteiger partial charge in [0, 0.05) is 32.8 Å². The maximum absolute atomic E-state index is 6.64. The highest BCUT2D eigenvalue weighted by atomic mass is 35.5. The van der Waals surface area contributed by atoms with Crippen LogP contribution in [-0.4, -0.2) is 24.1 Å². The summed E-state index contributed by atoms with van der Waals surface area (Å²) in [5.41, 5.74) is 8.50. The molecule has 0 saturated heterocycles. The Labute approximate surface area is 263 Å². The summed E-state index contributed by atoms with van der Waals surface area (Å²) in [7, 11) is 0. The summed E-state index contributed by atoms with van der Waals surface area (Å²) in [5.74, 6) is 0.991. The van der Waals surface area contributed by atoms with E-state index in [1.165, 1.54) is 16.3 Å². The molecule has 9 aromatic rings. The molecule has 3 aromatic heterocycles. The molecule has 212 valence electrons. The molecule has 0 amide bonds. The summed E-state index contributed by atoms with van der Waals surface area (Å²) in [4.78, 5) is 14.3. The monoisotopic (exact) mass is 597 g/mol. The van der Waals surface area contributed by atoms with E-state index in [-0.39, 0.29) is 5.28 Å². The number of para-hydroxylation sites is 3. The lowest BCUT2D eigenvalue weighted by Gasteiger charge is -2.11. The Morgan fingerprint density at radius 3 is 1.69 bits per heavy atom. The van der Waals surface area contributed by atoms with E-state index in [4.69, 9.17) is 16.6 Å². The van der Waals surface area contributed by atoms with Crippen LogP contribution >= 0.6 is 11.6 Å². The van der Waals surface area contributed by atoms with Crippen molar-refractivity contribution >= 4 is 55.2 Å². The molecule has 3 heterocycles. The molecule has 0 atom stereocenters. The molecule has 45 heavy (non-hydrogen) atoms. The molecule has 0 spiro atoms. The van der Waals surface area contributed by atoms with Crippen molar-refractivity contribution in [1.29, 1.82) is 0 Å². The second-order valence-corrected chi connectivity index (χ2v) is 11.4. The predicted molar refractivity (Wildman–Crippen MR) is 184 cm³/mol. The molecule has 9 rings (SSSR count). The normalized spacial score (nSPS) is 11.7. The van der Waals surface area contributed by atoms with Gasteiger partial charge in [0.1, 0.15) is 0 Å². The van der Waals surface area contributed by atoms with Crippen LogP contribution in [0.25, 0.3) is 77.8 Å². The van der Waals surface area contributed by atoms with Gasteiger partial charge in [-0.05, 0) is 65.2 Å². The van der Waals surface area contributed by atoms with E-state index >= 15 is 0 Å². The van der Waals surface area contributed by atoms with Crippen LogP contribution in [-0.2, 0) is 0 Å². The fourth-order valence-corrected chi connectivity index (χ4v) is 6.71. The average Bonchev–Trinajstić information content (AvgIpc) is 3.61.